The van der Waals surface area contributed by atoms with E-state index in [1.807, 2.05) is 12.3 Å². The van der Waals surface area contributed by atoms with Crippen molar-refractivity contribution < 1.29 is 0 Å². The van der Waals surface area contributed by atoms with E-state index >= 15 is 0 Å². The van der Waals surface area contributed by atoms with Crippen molar-refractivity contribution >= 4 is 11.5 Å². The molecule has 1 N–H and O–H groups in total. The van der Waals surface area contributed by atoms with Crippen LogP contribution in [0.15, 0.2) is 42.6 Å². The Hall–Kier alpha value is -2.07. The van der Waals surface area contributed by atoms with E-state index in [1.165, 1.54) is 11.3 Å². The van der Waals surface area contributed by atoms with Gasteiger partial charge in [-0.25, -0.2) is 4.98 Å². The molecule has 4 heteroatoms. The van der Waals surface area contributed by atoms with Crippen molar-refractivity contribution in [2.24, 2.45) is 0 Å². The SMILES string of the molecule is c1ccc(N2CCN(c3cccc4c3CCNC4)CC2)nc1. The second-order valence-corrected chi connectivity index (χ2v) is 6.00. The predicted octanol–water partition coefficient (Wildman–Crippen LogP) is 2.05. The molecule has 1 aromatic carbocycles. The topological polar surface area (TPSA) is 31.4 Å². The molecular formula is C18H22N4. The van der Waals surface area contributed by atoms with Crippen LogP contribution in [0.25, 0.3) is 0 Å². The van der Waals surface area contributed by atoms with Crippen LogP contribution in [0.4, 0.5) is 11.5 Å². The van der Waals surface area contributed by atoms with Gasteiger partial charge < -0.3 is 15.1 Å². The maximum atomic E-state index is 4.47. The van der Waals surface area contributed by atoms with Gasteiger partial charge in [-0.3, -0.25) is 0 Å². The Bertz CT molecular complexity index is 633. The van der Waals surface area contributed by atoms with E-state index in [0.717, 1.165) is 51.5 Å². The average Bonchev–Trinajstić information content (AvgIpc) is 2.62. The van der Waals surface area contributed by atoms with Gasteiger partial charge >= 0.3 is 0 Å². The number of benzene rings is 1. The minimum Gasteiger partial charge on any atom is -0.368 e. The van der Waals surface area contributed by atoms with Crippen molar-refractivity contribution in [2.45, 2.75) is 13.0 Å². The Morgan fingerprint density at radius 2 is 1.77 bits per heavy atom. The van der Waals surface area contributed by atoms with Crippen LogP contribution in [0.5, 0.6) is 0 Å². The third-order valence-electron chi connectivity index (χ3n) is 4.71. The van der Waals surface area contributed by atoms with Gasteiger partial charge in [-0.2, -0.15) is 0 Å². The summed E-state index contributed by atoms with van der Waals surface area (Å²) in [6.07, 6.45) is 3.02. The molecule has 22 heavy (non-hydrogen) atoms. The Morgan fingerprint density at radius 3 is 2.59 bits per heavy atom. The first-order valence-electron chi connectivity index (χ1n) is 8.14. The molecule has 3 heterocycles. The maximum absolute atomic E-state index is 4.47. The summed E-state index contributed by atoms with van der Waals surface area (Å²) >= 11 is 0. The maximum Gasteiger partial charge on any atom is 0.128 e. The van der Waals surface area contributed by atoms with Crippen LogP contribution in [0.3, 0.4) is 0 Å². The van der Waals surface area contributed by atoms with E-state index in [4.69, 9.17) is 0 Å². The molecule has 114 valence electrons. The summed E-state index contributed by atoms with van der Waals surface area (Å²) in [5.74, 6) is 1.10. The molecule has 1 saturated heterocycles. The van der Waals surface area contributed by atoms with Crippen molar-refractivity contribution in [2.75, 3.05) is 42.5 Å². The third kappa shape index (κ3) is 2.55. The first kappa shape index (κ1) is 13.6. The number of hydrogen-bond donors (Lipinski definition) is 1. The average molecular weight is 294 g/mol. The highest BCUT2D eigenvalue weighted by atomic mass is 15.3. The molecule has 4 nitrogen and oxygen atoms in total. The van der Waals surface area contributed by atoms with Crippen molar-refractivity contribution in [3.63, 3.8) is 0 Å². The fourth-order valence-corrected chi connectivity index (χ4v) is 3.53. The zero-order chi connectivity index (χ0) is 14.8. The molecule has 0 unspecified atom stereocenters. The van der Waals surface area contributed by atoms with Crippen molar-refractivity contribution in [1.82, 2.24) is 10.3 Å². The number of pyridine rings is 1. The first-order valence-corrected chi connectivity index (χ1v) is 8.14. The van der Waals surface area contributed by atoms with Crippen LogP contribution in [0, 0.1) is 0 Å². The molecule has 2 aromatic rings. The third-order valence-corrected chi connectivity index (χ3v) is 4.71. The molecule has 0 atom stereocenters. The van der Waals surface area contributed by atoms with Crippen LogP contribution in [0.1, 0.15) is 11.1 Å². The number of nitrogens with zero attached hydrogens (tertiary/aromatic N) is 3. The van der Waals surface area contributed by atoms with E-state index in [0.29, 0.717) is 0 Å². The molecule has 2 aliphatic rings. The molecule has 1 aromatic heterocycles. The fourth-order valence-electron chi connectivity index (χ4n) is 3.53. The van der Waals surface area contributed by atoms with Crippen molar-refractivity contribution in [3.05, 3.63) is 53.7 Å². The van der Waals surface area contributed by atoms with E-state index in [-0.39, 0.29) is 0 Å². The molecule has 0 spiro atoms. The molecule has 0 radical (unpaired) electrons. The van der Waals surface area contributed by atoms with Crippen LogP contribution < -0.4 is 15.1 Å². The molecule has 0 aliphatic carbocycles. The molecular weight excluding hydrogens is 272 g/mol. The smallest absolute Gasteiger partial charge is 0.128 e. The highest BCUT2D eigenvalue weighted by Crippen LogP contribution is 2.28. The summed E-state index contributed by atoms with van der Waals surface area (Å²) in [5, 5.41) is 3.46. The summed E-state index contributed by atoms with van der Waals surface area (Å²) in [5.41, 5.74) is 4.46. The van der Waals surface area contributed by atoms with Crippen molar-refractivity contribution in [1.29, 1.82) is 0 Å². The highest BCUT2D eigenvalue weighted by molar-refractivity contribution is 5.59. The van der Waals surface area contributed by atoms with Gasteiger partial charge in [-0.15, -0.1) is 0 Å². The summed E-state index contributed by atoms with van der Waals surface area (Å²) in [6, 6.07) is 12.9. The lowest BCUT2D eigenvalue weighted by atomic mass is 9.98. The van der Waals surface area contributed by atoms with Gasteiger partial charge in [-0.05, 0) is 42.3 Å². The highest BCUT2D eigenvalue weighted by Gasteiger charge is 2.21. The summed E-state index contributed by atoms with van der Waals surface area (Å²) in [6.45, 7) is 6.33. The lowest BCUT2D eigenvalue weighted by molar-refractivity contribution is 0.623. The molecule has 4 rings (SSSR count). The van der Waals surface area contributed by atoms with E-state index in [9.17, 15) is 0 Å². The summed E-state index contributed by atoms with van der Waals surface area (Å²) < 4.78 is 0. The molecule has 0 amide bonds. The van der Waals surface area contributed by atoms with Gasteiger partial charge in [0.2, 0.25) is 0 Å². The largest absolute Gasteiger partial charge is 0.368 e. The predicted molar refractivity (Wildman–Crippen MR) is 90.5 cm³/mol. The van der Waals surface area contributed by atoms with Gasteiger partial charge in [0.15, 0.2) is 0 Å². The van der Waals surface area contributed by atoms with Crippen LogP contribution in [-0.4, -0.2) is 37.7 Å². The monoisotopic (exact) mass is 294 g/mol. The Morgan fingerprint density at radius 1 is 0.909 bits per heavy atom. The Balaban J connectivity index is 1.50. The number of aromatic nitrogens is 1. The molecule has 0 saturated carbocycles. The fraction of sp³-hybridized carbons (Fsp3) is 0.389. The molecule has 1 fully saturated rings. The van der Waals surface area contributed by atoms with E-state index in [2.05, 4.69) is 50.4 Å². The van der Waals surface area contributed by atoms with Gasteiger partial charge in [0.25, 0.3) is 0 Å². The first-order chi connectivity index (χ1) is 10.9. The van der Waals surface area contributed by atoms with E-state index in [1.54, 1.807) is 5.56 Å². The Labute approximate surface area is 131 Å². The number of piperazine rings is 1. The van der Waals surface area contributed by atoms with Gasteiger partial charge in [0.05, 0.1) is 0 Å². The zero-order valence-corrected chi connectivity index (χ0v) is 12.8. The second kappa shape index (κ2) is 5.97. The van der Waals surface area contributed by atoms with Crippen LogP contribution in [-0.2, 0) is 13.0 Å². The molecule has 0 bridgehead atoms. The van der Waals surface area contributed by atoms with Gasteiger partial charge in [0.1, 0.15) is 5.82 Å². The summed E-state index contributed by atoms with van der Waals surface area (Å²) in [7, 11) is 0. The Kier molecular flexibility index (Phi) is 3.69. The minimum atomic E-state index is 1.01. The number of hydrogen-bond acceptors (Lipinski definition) is 4. The number of nitrogens with one attached hydrogen (secondary N) is 1. The van der Waals surface area contributed by atoms with Gasteiger partial charge in [-0.1, -0.05) is 18.2 Å². The molecule has 2 aliphatic heterocycles. The zero-order valence-electron chi connectivity index (χ0n) is 12.8. The van der Waals surface area contributed by atoms with Crippen molar-refractivity contribution in [3.8, 4) is 0 Å². The number of fused-ring (bicyclic) bond motifs is 1. The second-order valence-electron chi connectivity index (χ2n) is 6.00. The van der Waals surface area contributed by atoms with E-state index < -0.39 is 0 Å². The van der Waals surface area contributed by atoms with Gasteiger partial charge in [0, 0.05) is 44.6 Å². The lowest BCUT2D eigenvalue weighted by Gasteiger charge is -2.38. The van der Waals surface area contributed by atoms with Crippen LogP contribution in [0.2, 0.25) is 0 Å². The summed E-state index contributed by atoms with van der Waals surface area (Å²) in [4.78, 5) is 9.40. The quantitative estimate of drug-likeness (QED) is 0.918. The minimum absolute atomic E-state index is 1.01. The number of anilines is 2. The standard InChI is InChI=1S/C18H22N4/c1-2-8-20-18(6-1)22-12-10-21(11-13-22)17-5-3-4-15-14-19-9-7-16(15)17/h1-6,8,19H,7,9-14H2. The number of rotatable bonds is 2. The lowest BCUT2D eigenvalue weighted by Crippen LogP contribution is -2.47. The normalized spacial score (nSPS) is 18.2. The van der Waals surface area contributed by atoms with Crippen LogP contribution >= 0.6 is 0 Å².